The molecule has 5 rings (SSSR count). The van der Waals surface area contributed by atoms with Crippen molar-refractivity contribution in [2.24, 2.45) is 0 Å². The molecular formula is C14H22N2S4. The molecular weight excluding hydrogens is 324 g/mol. The van der Waals surface area contributed by atoms with Gasteiger partial charge in [0.2, 0.25) is 0 Å². The quantitative estimate of drug-likeness (QED) is 0.615. The molecule has 0 aromatic carbocycles. The second-order valence-corrected chi connectivity index (χ2v) is 12.1. The Hall–Kier alpha value is 1.32. The van der Waals surface area contributed by atoms with Crippen molar-refractivity contribution >= 4 is 43.2 Å². The smallest absolute Gasteiger partial charge is 0.0793 e. The molecule has 20 heavy (non-hydrogen) atoms. The van der Waals surface area contributed by atoms with Crippen LogP contribution in [0.1, 0.15) is 32.1 Å². The Morgan fingerprint density at radius 2 is 1.75 bits per heavy atom. The maximum Gasteiger partial charge on any atom is 0.0793 e. The summed E-state index contributed by atoms with van der Waals surface area (Å²) < 4.78 is 0. The van der Waals surface area contributed by atoms with Crippen LogP contribution in [-0.4, -0.2) is 62.6 Å². The maximum absolute atomic E-state index is 2.84. The van der Waals surface area contributed by atoms with Crippen molar-refractivity contribution in [1.29, 1.82) is 0 Å². The minimum absolute atomic E-state index is 0.807. The summed E-state index contributed by atoms with van der Waals surface area (Å²) >= 11 is 0. The van der Waals surface area contributed by atoms with E-state index in [1.807, 2.05) is 0 Å². The molecule has 112 valence electrons. The zero-order valence-corrected chi connectivity index (χ0v) is 14.9. The van der Waals surface area contributed by atoms with Gasteiger partial charge in [0.05, 0.1) is 5.37 Å². The first kappa shape index (κ1) is 13.7. The van der Waals surface area contributed by atoms with Crippen molar-refractivity contribution in [1.82, 2.24) is 9.80 Å². The molecule has 0 saturated carbocycles. The van der Waals surface area contributed by atoms with Gasteiger partial charge in [-0.3, -0.25) is 9.80 Å². The average molecular weight is 347 g/mol. The van der Waals surface area contributed by atoms with Crippen LogP contribution in [0.25, 0.3) is 0 Å². The van der Waals surface area contributed by atoms with Crippen molar-refractivity contribution in [3.05, 3.63) is 0 Å². The van der Waals surface area contributed by atoms with E-state index in [1.54, 1.807) is 0 Å². The van der Waals surface area contributed by atoms with Gasteiger partial charge in [0, 0.05) is 34.4 Å². The predicted molar refractivity (Wildman–Crippen MR) is 94.5 cm³/mol. The summed E-state index contributed by atoms with van der Waals surface area (Å²) in [6.45, 7) is 4.10. The van der Waals surface area contributed by atoms with Crippen LogP contribution in [0.2, 0.25) is 0 Å². The second-order valence-electron chi connectivity index (χ2n) is 6.79. The highest BCUT2D eigenvalue weighted by molar-refractivity contribution is 8.80. The summed E-state index contributed by atoms with van der Waals surface area (Å²) in [5.74, 6) is 0. The summed E-state index contributed by atoms with van der Waals surface area (Å²) in [6, 6.07) is 1.83. The van der Waals surface area contributed by atoms with E-state index in [2.05, 4.69) is 53.0 Å². The van der Waals surface area contributed by atoms with Gasteiger partial charge in [0.1, 0.15) is 0 Å². The van der Waals surface area contributed by atoms with Gasteiger partial charge in [-0.1, -0.05) is 43.2 Å². The third kappa shape index (κ3) is 2.12. The van der Waals surface area contributed by atoms with E-state index >= 15 is 0 Å². The topological polar surface area (TPSA) is 6.48 Å². The van der Waals surface area contributed by atoms with E-state index in [0.717, 1.165) is 33.2 Å². The number of rotatable bonds is 0. The fourth-order valence-electron chi connectivity index (χ4n) is 4.76. The molecule has 0 bridgehead atoms. The molecule has 0 spiro atoms. The first-order valence-electron chi connectivity index (χ1n) is 8.04. The molecule has 0 aromatic rings. The highest BCUT2D eigenvalue weighted by Gasteiger charge is 2.50. The third-order valence-electron chi connectivity index (χ3n) is 5.71. The van der Waals surface area contributed by atoms with Crippen molar-refractivity contribution < 1.29 is 0 Å². The normalized spacial score (nSPS) is 52.2. The standard InChI is InChI=1S/C14H22N2S4/c1-3-9-7-11-14(16(9)6-1)20-18-12-8-15-5-2-4-10(15)13(12)19-17-11/h9-14H,1-8H2/t9-,10-,11-,12-,13+,14-/m0/s1. The molecule has 5 heterocycles. The molecule has 5 aliphatic heterocycles. The van der Waals surface area contributed by atoms with Crippen LogP contribution in [0.3, 0.4) is 0 Å². The van der Waals surface area contributed by atoms with Crippen molar-refractivity contribution in [2.45, 2.75) is 65.3 Å². The zero-order valence-electron chi connectivity index (χ0n) is 11.6. The van der Waals surface area contributed by atoms with Crippen LogP contribution >= 0.6 is 43.2 Å². The Morgan fingerprint density at radius 3 is 2.75 bits per heavy atom. The molecule has 0 amide bonds. The van der Waals surface area contributed by atoms with Gasteiger partial charge < -0.3 is 0 Å². The number of fused-ring (bicyclic) bond motifs is 6. The van der Waals surface area contributed by atoms with Gasteiger partial charge in [0.15, 0.2) is 0 Å². The lowest BCUT2D eigenvalue weighted by molar-refractivity contribution is 0.306. The van der Waals surface area contributed by atoms with Crippen LogP contribution in [0.5, 0.6) is 0 Å². The second kappa shape index (κ2) is 5.45. The van der Waals surface area contributed by atoms with E-state index < -0.39 is 0 Å². The fraction of sp³-hybridized carbons (Fsp3) is 1.00. The minimum atomic E-state index is 0.807. The van der Waals surface area contributed by atoms with Gasteiger partial charge in [-0.25, -0.2) is 0 Å². The largest absolute Gasteiger partial charge is 0.298 e. The molecule has 5 fully saturated rings. The summed E-state index contributed by atoms with van der Waals surface area (Å²) in [5, 5.41) is 3.47. The molecule has 0 unspecified atom stereocenters. The first-order chi connectivity index (χ1) is 9.90. The summed E-state index contributed by atoms with van der Waals surface area (Å²) in [7, 11) is 9.03. The monoisotopic (exact) mass is 346 g/mol. The van der Waals surface area contributed by atoms with E-state index in [0.29, 0.717) is 0 Å². The van der Waals surface area contributed by atoms with Crippen LogP contribution in [0, 0.1) is 0 Å². The minimum Gasteiger partial charge on any atom is -0.298 e. The van der Waals surface area contributed by atoms with E-state index in [1.165, 1.54) is 51.7 Å². The SMILES string of the molecule is C1C[C@H]2[C@H]3SS[C@H]4C[C@@H]5CCCN5[C@H]4SS[C@H]3CN2C1. The van der Waals surface area contributed by atoms with Crippen molar-refractivity contribution in [3.8, 4) is 0 Å². The molecule has 6 heteroatoms. The summed E-state index contributed by atoms with van der Waals surface area (Å²) in [5.41, 5.74) is 0. The van der Waals surface area contributed by atoms with Gasteiger partial charge in [0.25, 0.3) is 0 Å². The van der Waals surface area contributed by atoms with E-state index in [4.69, 9.17) is 0 Å². The Balaban J connectivity index is 1.34. The van der Waals surface area contributed by atoms with Crippen LogP contribution in [0.4, 0.5) is 0 Å². The Bertz CT molecular complexity index is 359. The predicted octanol–water partition coefficient (Wildman–Crippen LogP) is 3.54. The van der Waals surface area contributed by atoms with Gasteiger partial charge in [-0.15, -0.1) is 0 Å². The van der Waals surface area contributed by atoms with Gasteiger partial charge in [-0.05, 0) is 45.2 Å². The highest BCUT2D eigenvalue weighted by atomic mass is 33.1. The molecule has 0 radical (unpaired) electrons. The number of nitrogens with zero attached hydrogens (tertiary/aromatic N) is 2. The molecule has 6 atom stereocenters. The zero-order chi connectivity index (χ0) is 13.1. The van der Waals surface area contributed by atoms with Gasteiger partial charge >= 0.3 is 0 Å². The van der Waals surface area contributed by atoms with E-state index in [9.17, 15) is 0 Å². The van der Waals surface area contributed by atoms with Crippen LogP contribution in [-0.2, 0) is 0 Å². The molecule has 5 saturated heterocycles. The Labute approximate surface area is 137 Å². The molecule has 0 aliphatic carbocycles. The third-order valence-corrected chi connectivity index (χ3v) is 12.7. The van der Waals surface area contributed by atoms with Crippen LogP contribution in [0.15, 0.2) is 0 Å². The Kier molecular flexibility index (Phi) is 3.74. The van der Waals surface area contributed by atoms with Crippen molar-refractivity contribution in [2.75, 3.05) is 19.6 Å². The number of hydrogen-bond donors (Lipinski definition) is 0. The van der Waals surface area contributed by atoms with Crippen LogP contribution < -0.4 is 0 Å². The summed E-state index contributed by atoms with van der Waals surface area (Å²) in [6.07, 6.45) is 7.27. The van der Waals surface area contributed by atoms with E-state index in [-0.39, 0.29) is 0 Å². The molecule has 2 nitrogen and oxygen atoms in total. The average Bonchev–Trinajstić information content (AvgIpc) is 3.12. The lowest BCUT2D eigenvalue weighted by Gasteiger charge is -2.31. The fourth-order valence-corrected chi connectivity index (χ4v) is 13.4. The Morgan fingerprint density at radius 1 is 0.850 bits per heavy atom. The summed E-state index contributed by atoms with van der Waals surface area (Å²) in [4.78, 5) is 5.63. The number of hydrogen-bond acceptors (Lipinski definition) is 6. The molecule has 0 aromatic heterocycles. The molecule has 0 N–H and O–H groups in total. The first-order valence-corrected chi connectivity index (χ1v) is 12.6. The lowest BCUT2D eigenvalue weighted by Crippen LogP contribution is -2.33. The van der Waals surface area contributed by atoms with Gasteiger partial charge in [-0.2, -0.15) is 0 Å². The lowest BCUT2D eigenvalue weighted by atomic mass is 10.1. The molecule has 5 aliphatic rings. The highest BCUT2D eigenvalue weighted by Crippen LogP contribution is 2.57. The van der Waals surface area contributed by atoms with Crippen molar-refractivity contribution in [3.63, 3.8) is 0 Å². The maximum atomic E-state index is 2.84.